The van der Waals surface area contributed by atoms with E-state index in [1.807, 2.05) is 6.07 Å². The van der Waals surface area contributed by atoms with Crippen LogP contribution in [0.4, 0.5) is 0 Å². The van der Waals surface area contributed by atoms with Crippen LogP contribution in [0, 0.1) is 0 Å². The van der Waals surface area contributed by atoms with Crippen molar-refractivity contribution in [3.63, 3.8) is 0 Å². The second-order valence-electron chi connectivity index (χ2n) is 4.06. The lowest BCUT2D eigenvalue weighted by Crippen LogP contribution is -2.35. The number of rotatable bonds is 6. The number of hydrogen-bond donors (Lipinski definition) is 2. The Balaban J connectivity index is 2.77. The molecular weight excluding hydrogens is 228 g/mol. The molecule has 0 fully saturated rings. The molecule has 0 aliphatic carbocycles. The Kier molecular flexibility index (Phi) is 4.58. The van der Waals surface area contributed by atoms with Gasteiger partial charge in [0.2, 0.25) is 5.79 Å². The topological polar surface area (TPSA) is 77.4 Å². The predicted octanol–water partition coefficient (Wildman–Crippen LogP) is 2.52. The third-order valence-electron chi connectivity index (χ3n) is 2.09. The highest BCUT2D eigenvalue weighted by molar-refractivity contribution is 5.19. The molecule has 0 heterocycles. The average molecular weight is 244 g/mol. The van der Waals surface area contributed by atoms with Crippen LogP contribution in [0.5, 0.6) is 0 Å². The summed E-state index contributed by atoms with van der Waals surface area (Å²) in [5, 5.41) is 17.4. The quantitative estimate of drug-likeness (QED) is 0.455. The summed E-state index contributed by atoms with van der Waals surface area (Å²) in [6.07, 6.45) is 0. The summed E-state index contributed by atoms with van der Waals surface area (Å²) >= 11 is 0. The Hall–Kier alpha value is -1.02. The molecule has 6 heteroatoms. The van der Waals surface area contributed by atoms with Gasteiger partial charge in [-0.3, -0.25) is 0 Å². The van der Waals surface area contributed by atoms with Crippen LogP contribution in [0.15, 0.2) is 30.3 Å². The van der Waals surface area contributed by atoms with Gasteiger partial charge >= 0.3 is 0 Å². The van der Waals surface area contributed by atoms with Crippen molar-refractivity contribution >= 4 is 0 Å². The predicted molar refractivity (Wildman–Crippen MR) is 57.5 cm³/mol. The van der Waals surface area contributed by atoms with Crippen molar-refractivity contribution in [2.24, 2.45) is 0 Å². The van der Waals surface area contributed by atoms with Gasteiger partial charge in [0.05, 0.1) is 0 Å². The number of hydrogen-bond acceptors (Lipinski definition) is 6. The van der Waals surface area contributed by atoms with Gasteiger partial charge in [0, 0.05) is 5.56 Å². The van der Waals surface area contributed by atoms with E-state index in [4.69, 9.17) is 20.3 Å². The van der Waals surface area contributed by atoms with E-state index in [2.05, 4.69) is 9.78 Å². The van der Waals surface area contributed by atoms with Crippen molar-refractivity contribution < 1.29 is 30.1 Å². The smallest absolute Gasteiger partial charge is 0.249 e. The van der Waals surface area contributed by atoms with E-state index in [0.29, 0.717) is 5.56 Å². The SMILES string of the molecule is CC(C)(OO)OOC(C)(OO)c1ccccc1. The van der Waals surface area contributed by atoms with Crippen molar-refractivity contribution in [1.82, 2.24) is 0 Å². The van der Waals surface area contributed by atoms with Gasteiger partial charge in [0.1, 0.15) is 0 Å². The van der Waals surface area contributed by atoms with Crippen LogP contribution < -0.4 is 0 Å². The van der Waals surface area contributed by atoms with Crippen molar-refractivity contribution in [2.45, 2.75) is 32.3 Å². The monoisotopic (exact) mass is 244 g/mol. The molecule has 0 aromatic heterocycles. The molecule has 1 atom stereocenters. The maximum atomic E-state index is 8.90. The van der Waals surface area contributed by atoms with Crippen molar-refractivity contribution in [1.29, 1.82) is 0 Å². The van der Waals surface area contributed by atoms with Crippen LogP contribution in [0.25, 0.3) is 0 Å². The fourth-order valence-electron chi connectivity index (χ4n) is 1.05. The summed E-state index contributed by atoms with van der Waals surface area (Å²) in [6.45, 7) is 4.31. The Bertz CT molecular complexity index is 339. The molecule has 96 valence electrons. The summed E-state index contributed by atoms with van der Waals surface area (Å²) in [5.41, 5.74) is 0.538. The Morgan fingerprint density at radius 3 is 1.94 bits per heavy atom. The van der Waals surface area contributed by atoms with Gasteiger partial charge in [0.25, 0.3) is 5.79 Å². The highest BCUT2D eigenvalue weighted by Gasteiger charge is 2.34. The van der Waals surface area contributed by atoms with Crippen LogP contribution in [-0.2, 0) is 25.3 Å². The second kappa shape index (κ2) is 5.54. The number of benzene rings is 1. The largest absolute Gasteiger partial charge is 0.256 e. The Morgan fingerprint density at radius 2 is 1.47 bits per heavy atom. The van der Waals surface area contributed by atoms with Gasteiger partial charge in [-0.2, -0.15) is 14.7 Å². The molecule has 0 radical (unpaired) electrons. The maximum Gasteiger partial charge on any atom is 0.256 e. The molecule has 0 saturated heterocycles. The molecule has 0 spiro atoms. The first-order chi connectivity index (χ1) is 7.93. The molecule has 1 aromatic carbocycles. The molecular formula is C11H16O6. The Labute approximate surface area is 99.1 Å². The Morgan fingerprint density at radius 1 is 0.882 bits per heavy atom. The van der Waals surface area contributed by atoms with Gasteiger partial charge in [-0.15, -0.1) is 0 Å². The maximum absolute atomic E-state index is 8.90. The zero-order valence-corrected chi connectivity index (χ0v) is 9.91. The van der Waals surface area contributed by atoms with Crippen LogP contribution in [0.2, 0.25) is 0 Å². The minimum absolute atomic E-state index is 0.538. The van der Waals surface area contributed by atoms with E-state index in [-0.39, 0.29) is 0 Å². The normalized spacial score (nSPS) is 15.6. The van der Waals surface area contributed by atoms with E-state index in [9.17, 15) is 0 Å². The minimum atomic E-state index is -1.52. The van der Waals surface area contributed by atoms with Crippen molar-refractivity contribution in [2.75, 3.05) is 0 Å². The second-order valence-corrected chi connectivity index (χ2v) is 4.06. The molecule has 0 amide bonds. The summed E-state index contributed by atoms with van der Waals surface area (Å²) in [6, 6.07) is 8.69. The van der Waals surface area contributed by atoms with Crippen LogP contribution in [0.3, 0.4) is 0 Å². The van der Waals surface area contributed by atoms with Gasteiger partial charge < -0.3 is 0 Å². The summed E-state index contributed by atoms with van der Waals surface area (Å²) < 4.78 is 0. The van der Waals surface area contributed by atoms with E-state index in [1.165, 1.54) is 20.8 Å². The van der Waals surface area contributed by atoms with E-state index in [0.717, 1.165) is 0 Å². The minimum Gasteiger partial charge on any atom is -0.249 e. The first-order valence-electron chi connectivity index (χ1n) is 5.01. The van der Waals surface area contributed by atoms with E-state index >= 15 is 0 Å². The van der Waals surface area contributed by atoms with Crippen LogP contribution in [0.1, 0.15) is 26.3 Å². The molecule has 0 saturated carbocycles. The van der Waals surface area contributed by atoms with E-state index in [1.54, 1.807) is 24.3 Å². The molecule has 2 N–H and O–H groups in total. The fourth-order valence-corrected chi connectivity index (χ4v) is 1.05. The summed E-state index contributed by atoms with van der Waals surface area (Å²) in [4.78, 5) is 18.1. The highest BCUT2D eigenvalue weighted by atomic mass is 17.3. The average Bonchev–Trinajstić information content (AvgIpc) is 2.37. The third-order valence-corrected chi connectivity index (χ3v) is 2.09. The lowest BCUT2D eigenvalue weighted by atomic mass is 10.1. The third kappa shape index (κ3) is 3.74. The lowest BCUT2D eigenvalue weighted by molar-refractivity contribution is -0.568. The molecule has 17 heavy (non-hydrogen) atoms. The van der Waals surface area contributed by atoms with E-state index < -0.39 is 11.6 Å². The lowest BCUT2D eigenvalue weighted by Gasteiger charge is -2.28. The molecule has 1 rings (SSSR count). The fraction of sp³-hybridized carbons (Fsp3) is 0.455. The van der Waals surface area contributed by atoms with Gasteiger partial charge in [0.15, 0.2) is 0 Å². The molecule has 0 aliphatic rings. The van der Waals surface area contributed by atoms with Gasteiger partial charge in [-0.1, -0.05) is 30.3 Å². The molecule has 6 nitrogen and oxygen atoms in total. The summed E-state index contributed by atoms with van der Waals surface area (Å²) in [7, 11) is 0. The van der Waals surface area contributed by atoms with Crippen molar-refractivity contribution in [3.05, 3.63) is 35.9 Å². The van der Waals surface area contributed by atoms with Crippen LogP contribution >= 0.6 is 0 Å². The molecule has 0 bridgehead atoms. The van der Waals surface area contributed by atoms with Crippen molar-refractivity contribution in [3.8, 4) is 0 Å². The molecule has 0 aliphatic heterocycles. The first-order valence-corrected chi connectivity index (χ1v) is 5.01. The highest BCUT2D eigenvalue weighted by Crippen LogP contribution is 2.28. The molecule has 1 aromatic rings. The summed E-state index contributed by atoms with van der Waals surface area (Å²) in [5.74, 6) is -2.90. The van der Waals surface area contributed by atoms with Gasteiger partial charge in [-0.25, -0.2) is 15.4 Å². The standard InChI is InChI=1S/C11H16O6/c1-10(2,14-12)16-17-11(3,15-13)9-7-5-4-6-8-9/h4-8,12-13H,1-3H3. The van der Waals surface area contributed by atoms with Gasteiger partial charge in [-0.05, 0) is 20.8 Å². The zero-order valence-electron chi connectivity index (χ0n) is 9.91. The zero-order chi connectivity index (χ0) is 12.9. The van der Waals surface area contributed by atoms with Crippen LogP contribution in [-0.4, -0.2) is 16.3 Å². The molecule has 1 unspecified atom stereocenters. The first kappa shape index (κ1) is 14.0.